The molecule has 3 heterocycles. The van der Waals surface area contributed by atoms with Gasteiger partial charge in [0.05, 0.1) is 6.21 Å². The van der Waals surface area contributed by atoms with Gasteiger partial charge in [0.25, 0.3) is 0 Å². The Labute approximate surface area is 109 Å². The van der Waals surface area contributed by atoms with Crippen LogP contribution in [-0.4, -0.2) is 28.3 Å². The average molecular weight is 258 g/mol. The third-order valence-corrected chi connectivity index (χ3v) is 2.97. The number of hydrogen-bond donors (Lipinski definition) is 1. The van der Waals surface area contributed by atoms with Gasteiger partial charge in [0.2, 0.25) is 0 Å². The molecule has 0 spiro atoms. The normalized spacial score (nSPS) is 13.7. The topological polar surface area (TPSA) is 61.6 Å². The summed E-state index contributed by atoms with van der Waals surface area (Å²) in [7, 11) is -0.985. The van der Waals surface area contributed by atoms with Crippen LogP contribution in [0.2, 0.25) is 5.15 Å². The van der Waals surface area contributed by atoms with Crippen molar-refractivity contribution in [2.45, 2.75) is 0 Å². The predicted molar refractivity (Wildman–Crippen MR) is 71.2 cm³/mol. The molecule has 1 aliphatic rings. The fourth-order valence-electron chi connectivity index (χ4n) is 1.81. The van der Waals surface area contributed by atoms with E-state index in [4.69, 9.17) is 11.6 Å². The molecule has 0 saturated heterocycles. The van der Waals surface area contributed by atoms with Crippen LogP contribution in [0.4, 0.5) is 5.82 Å². The van der Waals surface area contributed by atoms with Crippen LogP contribution in [-0.2, 0) is 0 Å². The molecule has 2 aromatic heterocycles. The Morgan fingerprint density at radius 1 is 1.17 bits per heavy atom. The summed E-state index contributed by atoms with van der Waals surface area (Å²) >= 11 is 6.01. The van der Waals surface area contributed by atoms with Crippen molar-refractivity contribution in [3.05, 3.63) is 47.4 Å². The summed E-state index contributed by atoms with van der Waals surface area (Å²) in [5, 5.41) is 14.7. The Kier molecular flexibility index (Phi) is 2.73. The number of pyridine rings is 2. The molecule has 0 bridgehead atoms. The second kappa shape index (κ2) is 4.40. The Bertz CT molecular complexity index is 607. The van der Waals surface area contributed by atoms with Crippen LogP contribution in [0.5, 0.6) is 0 Å². The number of halogens is 1. The van der Waals surface area contributed by atoms with E-state index in [1.807, 2.05) is 6.07 Å². The number of fused-ring (bicyclic) bond motifs is 1. The second-order valence-electron chi connectivity index (χ2n) is 3.76. The Hall–Kier alpha value is -1.92. The van der Waals surface area contributed by atoms with Crippen molar-refractivity contribution >= 4 is 36.1 Å². The highest BCUT2D eigenvalue weighted by molar-refractivity contribution is 6.74. The van der Waals surface area contributed by atoms with Gasteiger partial charge in [-0.2, -0.15) is 5.10 Å². The van der Waals surface area contributed by atoms with Crippen molar-refractivity contribution in [2.75, 3.05) is 4.92 Å². The monoisotopic (exact) mass is 258 g/mol. The zero-order valence-electron chi connectivity index (χ0n) is 9.23. The molecule has 0 unspecified atom stereocenters. The van der Waals surface area contributed by atoms with Crippen LogP contribution in [0.25, 0.3) is 0 Å². The van der Waals surface area contributed by atoms with E-state index in [9.17, 15) is 5.02 Å². The van der Waals surface area contributed by atoms with Crippen molar-refractivity contribution < 1.29 is 5.02 Å². The van der Waals surface area contributed by atoms with Gasteiger partial charge in [0, 0.05) is 17.9 Å². The third-order valence-electron chi connectivity index (χ3n) is 2.67. The van der Waals surface area contributed by atoms with Crippen LogP contribution >= 0.6 is 11.6 Å². The molecule has 0 atom stereocenters. The van der Waals surface area contributed by atoms with Crippen molar-refractivity contribution in [1.29, 1.82) is 0 Å². The van der Waals surface area contributed by atoms with E-state index in [-0.39, 0.29) is 5.15 Å². The first kappa shape index (κ1) is 11.2. The Balaban J connectivity index is 2.07. The van der Waals surface area contributed by atoms with Crippen molar-refractivity contribution in [2.24, 2.45) is 5.10 Å². The Morgan fingerprint density at radius 2 is 2.06 bits per heavy atom. The lowest BCUT2D eigenvalue weighted by atomic mass is 9.70. The lowest BCUT2D eigenvalue weighted by molar-refractivity contribution is 0.577. The molecular formula is C11H8BClN4O. The highest BCUT2D eigenvalue weighted by Crippen LogP contribution is 2.17. The zero-order valence-corrected chi connectivity index (χ0v) is 9.99. The minimum atomic E-state index is -0.985. The maximum atomic E-state index is 10.3. The molecule has 2 aromatic rings. The highest BCUT2D eigenvalue weighted by Gasteiger charge is 2.33. The molecule has 5 nitrogen and oxygen atoms in total. The summed E-state index contributed by atoms with van der Waals surface area (Å²) in [6, 6.07) is 7.14. The molecular weight excluding hydrogens is 250 g/mol. The summed E-state index contributed by atoms with van der Waals surface area (Å²) in [6.07, 6.45) is 4.85. The van der Waals surface area contributed by atoms with Gasteiger partial charge < -0.3 is 5.02 Å². The first-order valence-corrected chi connectivity index (χ1v) is 5.72. The average Bonchev–Trinajstić information content (AvgIpc) is 2.40. The molecule has 1 aliphatic heterocycles. The van der Waals surface area contributed by atoms with Gasteiger partial charge in [-0.05, 0) is 23.8 Å². The number of rotatable bonds is 1. The van der Waals surface area contributed by atoms with E-state index < -0.39 is 7.05 Å². The van der Waals surface area contributed by atoms with Gasteiger partial charge in [-0.15, -0.1) is 0 Å². The quantitative estimate of drug-likeness (QED) is 0.603. The van der Waals surface area contributed by atoms with E-state index in [1.54, 1.807) is 36.8 Å². The van der Waals surface area contributed by atoms with Crippen LogP contribution in [0.1, 0.15) is 5.56 Å². The lowest BCUT2D eigenvalue weighted by Gasteiger charge is -2.25. The third kappa shape index (κ3) is 1.75. The van der Waals surface area contributed by atoms with Gasteiger partial charge in [-0.3, -0.25) is 4.92 Å². The van der Waals surface area contributed by atoms with E-state index >= 15 is 0 Å². The lowest BCUT2D eigenvalue weighted by Crippen LogP contribution is -2.51. The number of nitrogens with zero attached hydrogens (tertiary/aromatic N) is 4. The highest BCUT2D eigenvalue weighted by atomic mass is 35.5. The second-order valence-corrected chi connectivity index (χ2v) is 4.11. The molecule has 18 heavy (non-hydrogen) atoms. The van der Waals surface area contributed by atoms with Crippen molar-refractivity contribution in [1.82, 2.24) is 9.97 Å². The minimum absolute atomic E-state index is 0.270. The van der Waals surface area contributed by atoms with E-state index in [1.165, 1.54) is 4.92 Å². The van der Waals surface area contributed by atoms with E-state index in [0.29, 0.717) is 11.3 Å². The molecule has 0 fully saturated rings. The summed E-state index contributed by atoms with van der Waals surface area (Å²) < 4.78 is 0. The summed E-state index contributed by atoms with van der Waals surface area (Å²) in [4.78, 5) is 9.51. The molecule has 0 radical (unpaired) electrons. The molecule has 0 saturated carbocycles. The molecule has 7 heteroatoms. The largest absolute Gasteiger partial charge is 0.476 e. The fraction of sp³-hybridized carbons (Fsp3) is 0. The van der Waals surface area contributed by atoms with Crippen molar-refractivity contribution in [3.63, 3.8) is 0 Å². The molecule has 3 rings (SSSR count). The van der Waals surface area contributed by atoms with E-state index in [2.05, 4.69) is 15.1 Å². The molecule has 0 aromatic carbocycles. The van der Waals surface area contributed by atoms with Crippen LogP contribution in [0.15, 0.2) is 41.8 Å². The predicted octanol–water partition coefficient (Wildman–Crippen LogP) is 0.672. The smallest absolute Gasteiger partial charge is 0.427 e. The molecule has 0 aliphatic carbocycles. The fourth-order valence-corrected chi connectivity index (χ4v) is 2.08. The first-order chi connectivity index (χ1) is 8.77. The standard InChI is InChI=1S/C11H8BClN4O/c13-11-10-8(4-6-15-11)7-16-17(12(10)18)9-3-1-2-5-14-9/h1-7,18H. The number of hydrogen-bond acceptors (Lipinski definition) is 5. The SMILES string of the molecule is OB1c2c(ccnc2Cl)C=NN1c1ccccn1. The summed E-state index contributed by atoms with van der Waals surface area (Å²) in [5.74, 6) is 0.548. The minimum Gasteiger partial charge on any atom is -0.427 e. The van der Waals surface area contributed by atoms with Crippen LogP contribution in [0.3, 0.4) is 0 Å². The van der Waals surface area contributed by atoms with Crippen LogP contribution < -0.4 is 10.4 Å². The number of anilines is 1. The van der Waals surface area contributed by atoms with Gasteiger partial charge in [0.15, 0.2) is 0 Å². The Morgan fingerprint density at radius 3 is 2.83 bits per heavy atom. The van der Waals surface area contributed by atoms with E-state index in [0.717, 1.165) is 5.56 Å². The first-order valence-electron chi connectivity index (χ1n) is 5.34. The molecule has 1 N–H and O–H groups in total. The van der Waals surface area contributed by atoms with Gasteiger partial charge >= 0.3 is 7.05 Å². The van der Waals surface area contributed by atoms with Gasteiger partial charge in [-0.1, -0.05) is 17.7 Å². The number of hydrazone groups is 1. The maximum absolute atomic E-state index is 10.3. The van der Waals surface area contributed by atoms with Gasteiger partial charge in [-0.25, -0.2) is 9.97 Å². The summed E-state index contributed by atoms with van der Waals surface area (Å²) in [6.45, 7) is 0. The summed E-state index contributed by atoms with van der Waals surface area (Å²) in [5.41, 5.74) is 1.30. The number of aromatic nitrogens is 2. The zero-order chi connectivity index (χ0) is 12.5. The van der Waals surface area contributed by atoms with Crippen molar-refractivity contribution in [3.8, 4) is 0 Å². The molecule has 88 valence electrons. The van der Waals surface area contributed by atoms with Gasteiger partial charge in [0.1, 0.15) is 11.0 Å². The van der Waals surface area contributed by atoms with Crippen LogP contribution in [0, 0.1) is 0 Å². The maximum Gasteiger partial charge on any atom is 0.476 e. The molecule has 0 amide bonds.